The zero-order valence-corrected chi connectivity index (χ0v) is 22.7. The standard InChI is InChI=1S/C33H47NO2/c1-3-5-6-7-8-9-22-33(26-34)23-10-12-30(25-33)29-15-13-27(14-16-29)28-17-19-32(20-18-28)36-31(11-4-2)21-24-35/h13-20,30-31,35H,3-12,21-25H2,1-2H3. The molecule has 1 N–H and O–H groups in total. The second kappa shape index (κ2) is 15.1. The highest BCUT2D eigenvalue weighted by Gasteiger charge is 2.36. The van der Waals surface area contributed by atoms with E-state index in [0.29, 0.717) is 12.3 Å². The molecule has 0 aliphatic heterocycles. The third-order valence-corrected chi connectivity index (χ3v) is 8.03. The molecule has 2 aromatic carbocycles. The SMILES string of the molecule is CCCCCCCCC1(C#N)CCCC(c2ccc(-c3ccc(OC(CCC)CCO)cc3)cc2)C1. The normalized spacial score (nSPS) is 20.6. The van der Waals surface area contributed by atoms with E-state index in [1.54, 1.807) is 0 Å². The maximum atomic E-state index is 10.1. The lowest BCUT2D eigenvalue weighted by Crippen LogP contribution is -2.26. The van der Waals surface area contributed by atoms with Gasteiger partial charge in [0.2, 0.25) is 0 Å². The van der Waals surface area contributed by atoms with Gasteiger partial charge in [-0.2, -0.15) is 5.26 Å². The molecule has 3 unspecified atom stereocenters. The van der Waals surface area contributed by atoms with Crippen LogP contribution in [0, 0.1) is 16.7 Å². The molecule has 3 nitrogen and oxygen atoms in total. The molecule has 2 aromatic rings. The molecule has 0 saturated heterocycles. The maximum Gasteiger partial charge on any atom is 0.119 e. The minimum atomic E-state index is -0.131. The first-order valence-corrected chi connectivity index (χ1v) is 14.5. The quantitative estimate of drug-likeness (QED) is 0.254. The van der Waals surface area contributed by atoms with Crippen molar-refractivity contribution >= 4 is 0 Å². The fourth-order valence-electron chi connectivity index (χ4n) is 5.87. The van der Waals surface area contributed by atoms with Crippen LogP contribution in [-0.2, 0) is 0 Å². The first kappa shape index (κ1) is 28.3. The Labute approximate surface area is 219 Å². The van der Waals surface area contributed by atoms with Crippen molar-refractivity contribution < 1.29 is 9.84 Å². The lowest BCUT2D eigenvalue weighted by Gasteiger charge is -2.36. The van der Waals surface area contributed by atoms with Crippen molar-refractivity contribution in [3.63, 3.8) is 0 Å². The van der Waals surface area contributed by atoms with Gasteiger partial charge in [0.15, 0.2) is 0 Å². The predicted octanol–water partition coefficient (Wildman–Crippen LogP) is 9.20. The molecule has 0 spiro atoms. The van der Waals surface area contributed by atoms with E-state index in [1.165, 1.54) is 61.6 Å². The van der Waals surface area contributed by atoms with Crippen LogP contribution in [0.3, 0.4) is 0 Å². The van der Waals surface area contributed by atoms with E-state index >= 15 is 0 Å². The summed E-state index contributed by atoms with van der Waals surface area (Å²) in [5.41, 5.74) is 3.64. The van der Waals surface area contributed by atoms with Gasteiger partial charge < -0.3 is 9.84 Å². The molecule has 1 saturated carbocycles. The highest BCUT2D eigenvalue weighted by Crippen LogP contribution is 2.47. The van der Waals surface area contributed by atoms with Crippen LogP contribution in [-0.4, -0.2) is 17.8 Å². The van der Waals surface area contributed by atoms with Crippen molar-refractivity contribution in [2.75, 3.05) is 6.61 Å². The topological polar surface area (TPSA) is 53.2 Å². The highest BCUT2D eigenvalue weighted by atomic mass is 16.5. The van der Waals surface area contributed by atoms with Crippen molar-refractivity contribution in [2.45, 2.75) is 116 Å². The van der Waals surface area contributed by atoms with Crippen molar-refractivity contribution in [3.8, 4) is 22.9 Å². The van der Waals surface area contributed by atoms with Crippen LogP contribution in [0.25, 0.3) is 11.1 Å². The Morgan fingerprint density at radius 3 is 2.22 bits per heavy atom. The van der Waals surface area contributed by atoms with Gasteiger partial charge in [0.25, 0.3) is 0 Å². The van der Waals surface area contributed by atoms with E-state index in [-0.39, 0.29) is 18.1 Å². The van der Waals surface area contributed by atoms with Crippen LogP contribution in [0.1, 0.15) is 115 Å². The Morgan fingerprint density at radius 2 is 1.58 bits per heavy atom. The number of hydrogen-bond acceptors (Lipinski definition) is 3. The lowest BCUT2D eigenvalue weighted by molar-refractivity contribution is 0.145. The number of ether oxygens (including phenoxy) is 1. The molecule has 36 heavy (non-hydrogen) atoms. The summed E-state index contributed by atoms with van der Waals surface area (Å²) in [5, 5.41) is 19.4. The molecule has 0 aromatic heterocycles. The zero-order chi connectivity index (χ0) is 25.6. The molecule has 0 radical (unpaired) electrons. The van der Waals surface area contributed by atoms with Crippen molar-refractivity contribution in [2.24, 2.45) is 5.41 Å². The van der Waals surface area contributed by atoms with Crippen molar-refractivity contribution in [1.29, 1.82) is 5.26 Å². The van der Waals surface area contributed by atoms with Gasteiger partial charge in [0.1, 0.15) is 11.9 Å². The summed E-state index contributed by atoms with van der Waals surface area (Å²) in [5.74, 6) is 1.35. The number of nitriles is 1. The average molecular weight is 490 g/mol. The first-order valence-electron chi connectivity index (χ1n) is 14.5. The Balaban J connectivity index is 1.58. The number of aliphatic hydroxyl groups is 1. The van der Waals surface area contributed by atoms with Gasteiger partial charge in [-0.1, -0.05) is 102 Å². The second-order valence-electron chi connectivity index (χ2n) is 10.9. The summed E-state index contributed by atoms with van der Waals surface area (Å²) in [6.45, 7) is 4.56. The monoisotopic (exact) mass is 489 g/mol. The Kier molecular flexibility index (Phi) is 11.8. The van der Waals surface area contributed by atoms with Gasteiger partial charge in [-0.3, -0.25) is 0 Å². The fraction of sp³-hybridized carbons (Fsp3) is 0.606. The number of unbranched alkanes of at least 4 members (excludes halogenated alkanes) is 5. The molecular formula is C33H47NO2. The third kappa shape index (κ3) is 8.38. The van der Waals surface area contributed by atoms with E-state index in [0.717, 1.165) is 44.3 Å². The minimum Gasteiger partial charge on any atom is -0.490 e. The zero-order valence-electron chi connectivity index (χ0n) is 22.7. The van der Waals surface area contributed by atoms with Crippen LogP contribution in [0.4, 0.5) is 0 Å². The molecular weight excluding hydrogens is 442 g/mol. The van der Waals surface area contributed by atoms with Gasteiger partial charge in [-0.05, 0) is 66.8 Å². The van der Waals surface area contributed by atoms with E-state index in [1.807, 2.05) is 12.1 Å². The third-order valence-electron chi connectivity index (χ3n) is 8.03. The second-order valence-corrected chi connectivity index (χ2v) is 10.9. The van der Waals surface area contributed by atoms with Crippen LogP contribution < -0.4 is 4.74 Å². The summed E-state index contributed by atoms with van der Waals surface area (Å²) in [7, 11) is 0. The predicted molar refractivity (Wildman–Crippen MR) is 150 cm³/mol. The highest BCUT2D eigenvalue weighted by molar-refractivity contribution is 5.64. The molecule has 196 valence electrons. The number of nitrogens with zero attached hydrogens (tertiary/aromatic N) is 1. The van der Waals surface area contributed by atoms with Crippen LogP contribution in [0.5, 0.6) is 5.75 Å². The number of benzene rings is 2. The first-order chi connectivity index (χ1) is 17.6. The maximum absolute atomic E-state index is 10.1. The van der Waals surface area contributed by atoms with E-state index in [2.05, 4.69) is 56.3 Å². The molecule has 3 heteroatoms. The van der Waals surface area contributed by atoms with E-state index in [4.69, 9.17) is 4.74 Å². The molecule has 1 fully saturated rings. The summed E-state index contributed by atoms with van der Waals surface area (Å²) in [4.78, 5) is 0. The van der Waals surface area contributed by atoms with E-state index in [9.17, 15) is 10.4 Å². The Bertz CT molecular complexity index is 908. The molecule has 3 atom stereocenters. The number of rotatable bonds is 15. The lowest BCUT2D eigenvalue weighted by atomic mass is 9.66. The molecule has 3 rings (SSSR count). The van der Waals surface area contributed by atoms with Gasteiger partial charge in [0.05, 0.1) is 11.5 Å². The van der Waals surface area contributed by atoms with Gasteiger partial charge in [0, 0.05) is 13.0 Å². The Hall–Kier alpha value is -2.31. The Morgan fingerprint density at radius 1 is 0.917 bits per heavy atom. The summed E-state index contributed by atoms with van der Waals surface area (Å²) in [6.07, 6.45) is 16.0. The molecule has 0 heterocycles. The largest absolute Gasteiger partial charge is 0.490 e. The molecule has 1 aliphatic carbocycles. The fourth-order valence-corrected chi connectivity index (χ4v) is 5.87. The number of aliphatic hydroxyl groups excluding tert-OH is 1. The molecule has 0 bridgehead atoms. The van der Waals surface area contributed by atoms with Crippen LogP contribution >= 0.6 is 0 Å². The van der Waals surface area contributed by atoms with Crippen molar-refractivity contribution in [1.82, 2.24) is 0 Å². The minimum absolute atomic E-state index is 0.0715. The summed E-state index contributed by atoms with van der Waals surface area (Å²) >= 11 is 0. The number of hydrogen-bond donors (Lipinski definition) is 1. The van der Waals surface area contributed by atoms with E-state index < -0.39 is 0 Å². The molecule has 0 amide bonds. The van der Waals surface area contributed by atoms with Gasteiger partial charge in [-0.25, -0.2) is 0 Å². The van der Waals surface area contributed by atoms with Crippen LogP contribution in [0.15, 0.2) is 48.5 Å². The van der Waals surface area contributed by atoms with Crippen LogP contribution in [0.2, 0.25) is 0 Å². The summed E-state index contributed by atoms with van der Waals surface area (Å²) < 4.78 is 6.08. The van der Waals surface area contributed by atoms with Crippen molar-refractivity contribution in [3.05, 3.63) is 54.1 Å². The average Bonchev–Trinajstić information content (AvgIpc) is 2.92. The van der Waals surface area contributed by atoms with Gasteiger partial charge >= 0.3 is 0 Å². The summed E-state index contributed by atoms with van der Waals surface area (Å²) in [6, 6.07) is 20.1. The smallest absolute Gasteiger partial charge is 0.119 e. The molecule has 1 aliphatic rings. The van der Waals surface area contributed by atoms with Gasteiger partial charge in [-0.15, -0.1) is 0 Å².